The lowest BCUT2D eigenvalue weighted by atomic mass is 10.0. The normalized spacial score (nSPS) is 12.3. The van der Waals surface area contributed by atoms with Gasteiger partial charge in [0, 0.05) is 18.2 Å². The fourth-order valence-corrected chi connectivity index (χ4v) is 3.36. The maximum atomic E-state index is 12.6. The van der Waals surface area contributed by atoms with Gasteiger partial charge in [0.05, 0.1) is 6.54 Å². The Morgan fingerprint density at radius 1 is 0.824 bits per heavy atom. The van der Waals surface area contributed by atoms with Gasteiger partial charge in [-0.2, -0.15) is 0 Å². The summed E-state index contributed by atoms with van der Waals surface area (Å²) >= 11 is 0. The molecule has 0 aliphatic rings. The molecule has 0 unspecified atom stereocenters. The van der Waals surface area contributed by atoms with Crippen LogP contribution in [-0.4, -0.2) is 42.1 Å². The lowest BCUT2D eigenvalue weighted by molar-refractivity contribution is -0.131. The summed E-state index contributed by atoms with van der Waals surface area (Å²) in [6.07, 6.45) is 0. The second kappa shape index (κ2) is 12.3. The van der Waals surface area contributed by atoms with Crippen molar-refractivity contribution in [1.82, 2.24) is 21.4 Å². The van der Waals surface area contributed by atoms with Gasteiger partial charge in [-0.05, 0) is 35.7 Å². The van der Waals surface area contributed by atoms with Crippen LogP contribution in [-0.2, 0) is 9.59 Å². The monoisotopic (exact) mass is 460 g/mol. The Balaban J connectivity index is 1.53. The molecule has 0 saturated heterocycles. The molecule has 8 heteroatoms. The predicted molar refractivity (Wildman–Crippen MR) is 129 cm³/mol. The van der Waals surface area contributed by atoms with Gasteiger partial charge >= 0.3 is 0 Å². The second-order valence-electron chi connectivity index (χ2n) is 7.76. The van der Waals surface area contributed by atoms with E-state index < -0.39 is 17.9 Å². The van der Waals surface area contributed by atoms with Crippen LogP contribution in [0.25, 0.3) is 11.1 Å². The molecule has 0 aromatic heterocycles. The van der Waals surface area contributed by atoms with Crippen molar-refractivity contribution in [1.29, 1.82) is 0 Å². The van der Waals surface area contributed by atoms with Crippen LogP contribution in [0, 0.1) is 0 Å². The molecule has 0 saturated carbocycles. The molecule has 0 bridgehead atoms. The summed E-state index contributed by atoms with van der Waals surface area (Å²) in [5.74, 6) is -1.68. The quantitative estimate of drug-likeness (QED) is 0.235. The minimum atomic E-state index is -1.15. The molecular formula is C26H28N4O4. The third-order valence-electron chi connectivity index (χ3n) is 5.36. The highest BCUT2D eigenvalue weighted by Gasteiger charge is 2.22. The Morgan fingerprint density at radius 3 is 2.03 bits per heavy atom. The highest BCUT2D eigenvalue weighted by Crippen LogP contribution is 2.19. The largest absolute Gasteiger partial charge is 0.352 e. The Labute approximate surface area is 198 Å². The molecule has 0 radical (unpaired) electrons. The minimum Gasteiger partial charge on any atom is -0.352 e. The van der Waals surface area contributed by atoms with Gasteiger partial charge in [-0.1, -0.05) is 72.8 Å². The fraction of sp³-hybridized carbons (Fsp3) is 0.192. The smallest absolute Gasteiger partial charge is 0.267 e. The molecule has 3 aromatic carbocycles. The van der Waals surface area contributed by atoms with Crippen LogP contribution < -0.4 is 21.4 Å². The molecule has 0 aliphatic heterocycles. The van der Waals surface area contributed by atoms with Crippen molar-refractivity contribution in [3.8, 4) is 11.1 Å². The summed E-state index contributed by atoms with van der Waals surface area (Å²) in [6.45, 7) is 1.78. The summed E-state index contributed by atoms with van der Waals surface area (Å²) in [5.41, 5.74) is 4.88. The Morgan fingerprint density at radius 2 is 1.41 bits per heavy atom. The highest BCUT2D eigenvalue weighted by molar-refractivity contribution is 5.98. The first-order valence-electron chi connectivity index (χ1n) is 10.9. The van der Waals surface area contributed by atoms with Crippen molar-refractivity contribution < 1.29 is 19.6 Å². The van der Waals surface area contributed by atoms with Gasteiger partial charge in [0.1, 0.15) is 6.04 Å². The highest BCUT2D eigenvalue weighted by atomic mass is 16.5. The van der Waals surface area contributed by atoms with E-state index in [2.05, 4.69) is 16.0 Å². The van der Waals surface area contributed by atoms with Gasteiger partial charge in [0.15, 0.2) is 0 Å². The number of hydrogen-bond acceptors (Lipinski definition) is 5. The maximum Gasteiger partial charge on any atom is 0.267 e. The first-order valence-corrected chi connectivity index (χ1v) is 10.9. The molecule has 0 spiro atoms. The number of rotatable bonds is 10. The number of amides is 3. The predicted octanol–water partition coefficient (Wildman–Crippen LogP) is 2.42. The zero-order valence-electron chi connectivity index (χ0n) is 18.8. The van der Waals surface area contributed by atoms with Crippen molar-refractivity contribution in [3.05, 3.63) is 96.1 Å². The van der Waals surface area contributed by atoms with Crippen LogP contribution in [0.3, 0.4) is 0 Å². The molecule has 34 heavy (non-hydrogen) atoms. The standard InChI is InChI=1S/C26H28N4O4/c1-18(19-8-4-2-5-9-19)27-17-24(31)28-16-23(26(33)30-34)29-25(32)22-14-12-21(13-15-22)20-10-6-3-7-11-20/h2-15,18,23,27,34H,16-17H2,1H3,(H,28,31)(H,29,32)(H,30,33)/t18-,23-/m0/s1. The number of benzene rings is 3. The van der Waals surface area contributed by atoms with Gasteiger partial charge in [-0.25, -0.2) is 5.48 Å². The van der Waals surface area contributed by atoms with E-state index in [1.165, 1.54) is 5.48 Å². The van der Waals surface area contributed by atoms with E-state index in [1.807, 2.05) is 79.7 Å². The van der Waals surface area contributed by atoms with Crippen molar-refractivity contribution in [2.45, 2.75) is 19.0 Å². The summed E-state index contributed by atoms with van der Waals surface area (Å²) in [4.78, 5) is 36.9. The average molecular weight is 461 g/mol. The summed E-state index contributed by atoms with van der Waals surface area (Å²) in [5, 5.41) is 17.3. The molecule has 2 atom stereocenters. The van der Waals surface area contributed by atoms with Crippen molar-refractivity contribution >= 4 is 17.7 Å². The summed E-state index contributed by atoms with van der Waals surface area (Å²) in [7, 11) is 0. The number of hydrogen-bond donors (Lipinski definition) is 5. The number of hydroxylamine groups is 1. The van der Waals surface area contributed by atoms with Gasteiger partial charge < -0.3 is 16.0 Å². The van der Waals surface area contributed by atoms with Gasteiger partial charge in [-0.15, -0.1) is 0 Å². The number of nitrogens with one attached hydrogen (secondary N) is 4. The van der Waals surface area contributed by atoms with Gasteiger partial charge in [-0.3, -0.25) is 19.6 Å². The molecule has 0 fully saturated rings. The SMILES string of the molecule is C[C@H](NCC(=O)NC[C@H](NC(=O)c1ccc(-c2ccccc2)cc1)C(=O)NO)c1ccccc1. The number of carbonyl (C=O) groups is 3. The average Bonchev–Trinajstić information content (AvgIpc) is 2.90. The molecular weight excluding hydrogens is 432 g/mol. The van der Waals surface area contributed by atoms with E-state index in [0.29, 0.717) is 5.56 Å². The molecule has 5 N–H and O–H groups in total. The van der Waals surface area contributed by atoms with E-state index in [9.17, 15) is 14.4 Å². The van der Waals surface area contributed by atoms with Crippen LogP contribution >= 0.6 is 0 Å². The minimum absolute atomic E-state index is 0.0262. The maximum absolute atomic E-state index is 12.6. The third-order valence-corrected chi connectivity index (χ3v) is 5.36. The first kappa shape index (κ1) is 24.6. The molecule has 8 nitrogen and oxygen atoms in total. The zero-order chi connectivity index (χ0) is 24.3. The van der Waals surface area contributed by atoms with E-state index in [-0.39, 0.29) is 25.0 Å². The first-order chi connectivity index (χ1) is 16.5. The lowest BCUT2D eigenvalue weighted by Gasteiger charge is -2.18. The van der Waals surface area contributed by atoms with Crippen LogP contribution in [0.15, 0.2) is 84.9 Å². The van der Waals surface area contributed by atoms with Crippen molar-refractivity contribution in [2.24, 2.45) is 0 Å². The summed E-state index contributed by atoms with van der Waals surface area (Å²) < 4.78 is 0. The summed E-state index contributed by atoms with van der Waals surface area (Å²) in [6, 6.07) is 25.1. The van der Waals surface area contributed by atoms with E-state index in [4.69, 9.17) is 5.21 Å². The topological polar surface area (TPSA) is 120 Å². The molecule has 3 amide bonds. The second-order valence-corrected chi connectivity index (χ2v) is 7.76. The van der Waals surface area contributed by atoms with Crippen LogP contribution in [0.2, 0.25) is 0 Å². The zero-order valence-corrected chi connectivity index (χ0v) is 18.8. The fourth-order valence-electron chi connectivity index (χ4n) is 3.36. The molecule has 176 valence electrons. The van der Waals surface area contributed by atoms with Crippen LogP contribution in [0.1, 0.15) is 28.9 Å². The molecule has 3 aromatic rings. The molecule has 3 rings (SSSR count). The Kier molecular flexibility index (Phi) is 8.90. The van der Waals surface area contributed by atoms with Crippen molar-refractivity contribution in [3.63, 3.8) is 0 Å². The van der Waals surface area contributed by atoms with Gasteiger partial charge in [0.25, 0.3) is 11.8 Å². The van der Waals surface area contributed by atoms with E-state index in [0.717, 1.165) is 16.7 Å². The number of carbonyl (C=O) groups excluding carboxylic acids is 3. The van der Waals surface area contributed by atoms with Crippen LogP contribution in [0.4, 0.5) is 0 Å². The Bertz CT molecular complexity index is 1090. The van der Waals surface area contributed by atoms with Gasteiger partial charge in [0.2, 0.25) is 5.91 Å². The van der Waals surface area contributed by atoms with Crippen molar-refractivity contribution in [2.75, 3.05) is 13.1 Å². The lowest BCUT2D eigenvalue weighted by Crippen LogP contribution is -2.52. The third kappa shape index (κ3) is 6.99. The van der Waals surface area contributed by atoms with E-state index in [1.54, 1.807) is 12.1 Å². The Hall–Kier alpha value is -4.01. The molecule has 0 aliphatic carbocycles. The molecule has 0 heterocycles. The van der Waals surface area contributed by atoms with E-state index >= 15 is 0 Å². The van der Waals surface area contributed by atoms with Crippen LogP contribution in [0.5, 0.6) is 0 Å².